The number of carbonyl (C=O) groups is 1. The normalized spacial score (nSPS) is 10.5. The van der Waals surface area contributed by atoms with Crippen molar-refractivity contribution in [2.24, 2.45) is 0 Å². The Morgan fingerprint density at radius 3 is 2.93 bits per heavy atom. The van der Waals surface area contributed by atoms with Gasteiger partial charge in [0.25, 0.3) is 0 Å². The summed E-state index contributed by atoms with van der Waals surface area (Å²) < 4.78 is 5.31. The number of hydrogen-bond donors (Lipinski definition) is 2. The van der Waals surface area contributed by atoms with Crippen molar-refractivity contribution >= 4 is 17.7 Å². The summed E-state index contributed by atoms with van der Waals surface area (Å²) in [6.07, 6.45) is 2.04. The zero-order valence-electron chi connectivity index (χ0n) is 8.87. The number of hydrogen-bond acceptors (Lipinski definition) is 4. The first-order valence-electron chi connectivity index (χ1n) is 4.67. The molecular weight excluding hydrogens is 214 g/mol. The number of furan rings is 1. The van der Waals surface area contributed by atoms with E-state index >= 15 is 0 Å². The van der Waals surface area contributed by atoms with Crippen molar-refractivity contribution in [1.82, 2.24) is 5.32 Å². The van der Waals surface area contributed by atoms with Crippen LogP contribution in [0.5, 0.6) is 0 Å². The van der Waals surface area contributed by atoms with Gasteiger partial charge in [0.05, 0.1) is 6.54 Å². The van der Waals surface area contributed by atoms with E-state index in [9.17, 15) is 4.79 Å². The predicted molar refractivity (Wildman–Crippen MR) is 60.5 cm³/mol. The summed E-state index contributed by atoms with van der Waals surface area (Å²) in [7, 11) is 0. The van der Waals surface area contributed by atoms with Gasteiger partial charge < -0.3 is 14.8 Å². The molecule has 0 aliphatic carbocycles. The smallest absolute Gasteiger partial charge is 0.339 e. The predicted octanol–water partition coefficient (Wildman–Crippen LogP) is 1.74. The van der Waals surface area contributed by atoms with Gasteiger partial charge in [-0.05, 0) is 19.2 Å². The van der Waals surface area contributed by atoms with E-state index in [-0.39, 0.29) is 5.56 Å². The van der Waals surface area contributed by atoms with E-state index < -0.39 is 5.97 Å². The molecule has 1 aromatic heterocycles. The molecule has 1 heterocycles. The van der Waals surface area contributed by atoms with E-state index in [0.717, 1.165) is 12.3 Å². The monoisotopic (exact) mass is 229 g/mol. The second-order valence-corrected chi connectivity index (χ2v) is 4.14. The molecule has 0 amide bonds. The summed E-state index contributed by atoms with van der Waals surface area (Å²) in [5.41, 5.74) is 0.247. The molecule has 0 fully saturated rings. The summed E-state index contributed by atoms with van der Waals surface area (Å²) in [5, 5.41) is 12.0. The minimum atomic E-state index is -0.938. The third-order valence-electron chi connectivity index (χ3n) is 1.98. The fourth-order valence-electron chi connectivity index (χ4n) is 1.23. The second kappa shape index (κ2) is 5.82. The lowest BCUT2D eigenvalue weighted by atomic mass is 10.2. The fraction of sp³-hybridized carbons (Fsp3) is 0.500. The lowest BCUT2D eigenvalue weighted by molar-refractivity contribution is 0.0695. The van der Waals surface area contributed by atoms with Crippen LogP contribution in [0.3, 0.4) is 0 Å². The van der Waals surface area contributed by atoms with Crippen LogP contribution >= 0.6 is 11.8 Å². The average molecular weight is 229 g/mol. The van der Waals surface area contributed by atoms with Crippen molar-refractivity contribution in [3.8, 4) is 0 Å². The van der Waals surface area contributed by atoms with Gasteiger partial charge in [-0.3, -0.25) is 0 Å². The minimum absolute atomic E-state index is 0.247. The molecule has 2 N–H and O–H groups in total. The molecule has 0 bridgehead atoms. The molecule has 0 saturated heterocycles. The Kier molecular flexibility index (Phi) is 4.71. The van der Waals surface area contributed by atoms with E-state index in [4.69, 9.17) is 9.52 Å². The Hall–Kier alpha value is -0.940. The maximum absolute atomic E-state index is 10.7. The van der Waals surface area contributed by atoms with E-state index in [1.165, 1.54) is 0 Å². The molecule has 5 heteroatoms. The van der Waals surface area contributed by atoms with Crippen LogP contribution in [0, 0.1) is 6.92 Å². The molecule has 0 radical (unpaired) electrons. The molecule has 0 spiro atoms. The molecule has 0 aromatic carbocycles. The van der Waals surface area contributed by atoms with E-state index in [2.05, 4.69) is 5.32 Å². The van der Waals surface area contributed by atoms with Crippen LogP contribution in [-0.2, 0) is 6.54 Å². The summed E-state index contributed by atoms with van der Waals surface area (Å²) in [4.78, 5) is 10.7. The Morgan fingerprint density at radius 1 is 1.67 bits per heavy atom. The summed E-state index contributed by atoms with van der Waals surface area (Å²) in [6.45, 7) is 3.13. The van der Waals surface area contributed by atoms with Gasteiger partial charge in [-0.15, -0.1) is 0 Å². The fourth-order valence-corrected chi connectivity index (χ4v) is 1.58. The highest BCUT2D eigenvalue weighted by Crippen LogP contribution is 2.14. The summed E-state index contributed by atoms with van der Waals surface area (Å²) in [5.74, 6) is 1.23. The van der Waals surface area contributed by atoms with Gasteiger partial charge in [-0.2, -0.15) is 11.8 Å². The molecular formula is C10H15NO3S. The Morgan fingerprint density at radius 2 is 2.40 bits per heavy atom. The summed E-state index contributed by atoms with van der Waals surface area (Å²) in [6, 6.07) is 1.57. The van der Waals surface area contributed by atoms with E-state index in [1.54, 1.807) is 24.8 Å². The zero-order valence-corrected chi connectivity index (χ0v) is 9.69. The van der Waals surface area contributed by atoms with Gasteiger partial charge in [-0.25, -0.2) is 4.79 Å². The molecule has 0 aliphatic rings. The lowest BCUT2D eigenvalue weighted by Crippen LogP contribution is -2.15. The molecule has 4 nitrogen and oxygen atoms in total. The van der Waals surface area contributed by atoms with Crippen molar-refractivity contribution < 1.29 is 14.3 Å². The number of carboxylic acids is 1. The van der Waals surface area contributed by atoms with Gasteiger partial charge in [0, 0.05) is 12.3 Å². The van der Waals surface area contributed by atoms with Crippen LogP contribution in [-0.4, -0.2) is 29.6 Å². The van der Waals surface area contributed by atoms with Crippen molar-refractivity contribution in [3.63, 3.8) is 0 Å². The zero-order chi connectivity index (χ0) is 11.3. The first kappa shape index (κ1) is 12.1. The van der Waals surface area contributed by atoms with Crippen molar-refractivity contribution in [2.45, 2.75) is 13.5 Å². The highest BCUT2D eigenvalue weighted by atomic mass is 32.2. The van der Waals surface area contributed by atoms with Gasteiger partial charge in [0.1, 0.15) is 17.1 Å². The lowest BCUT2D eigenvalue weighted by Gasteiger charge is -1.99. The first-order valence-corrected chi connectivity index (χ1v) is 6.06. The number of nitrogens with one attached hydrogen (secondary N) is 1. The number of aromatic carboxylic acids is 1. The molecule has 1 rings (SSSR count). The van der Waals surface area contributed by atoms with Crippen LogP contribution in [0.2, 0.25) is 0 Å². The van der Waals surface area contributed by atoms with Gasteiger partial charge in [0.15, 0.2) is 0 Å². The molecule has 84 valence electrons. The number of thioether (sulfide) groups is 1. The molecule has 1 aromatic rings. The Balaban J connectivity index is 2.48. The van der Waals surface area contributed by atoms with Crippen LogP contribution in [0.4, 0.5) is 0 Å². The van der Waals surface area contributed by atoms with Crippen molar-refractivity contribution in [1.29, 1.82) is 0 Å². The van der Waals surface area contributed by atoms with Crippen molar-refractivity contribution in [3.05, 3.63) is 23.2 Å². The average Bonchev–Trinajstić information content (AvgIpc) is 2.55. The first-order chi connectivity index (χ1) is 7.15. The topological polar surface area (TPSA) is 62.5 Å². The molecule has 15 heavy (non-hydrogen) atoms. The molecule has 0 saturated carbocycles. The number of rotatable bonds is 6. The quantitative estimate of drug-likeness (QED) is 0.727. The van der Waals surface area contributed by atoms with Crippen LogP contribution in [0.1, 0.15) is 21.9 Å². The SMILES string of the molecule is CSCCNCc1cc(C(=O)O)c(C)o1. The minimum Gasteiger partial charge on any atom is -0.478 e. The number of carboxylic acid groups (broad SMARTS) is 1. The number of aryl methyl sites for hydroxylation is 1. The third kappa shape index (κ3) is 3.60. The second-order valence-electron chi connectivity index (χ2n) is 3.16. The van der Waals surface area contributed by atoms with Gasteiger partial charge >= 0.3 is 5.97 Å². The van der Waals surface area contributed by atoms with Gasteiger partial charge in [0.2, 0.25) is 0 Å². The van der Waals surface area contributed by atoms with Crippen LogP contribution in [0.25, 0.3) is 0 Å². The summed E-state index contributed by atoms with van der Waals surface area (Å²) >= 11 is 1.76. The molecule has 0 aliphatic heterocycles. The van der Waals surface area contributed by atoms with Gasteiger partial charge in [-0.1, -0.05) is 0 Å². The Labute approximate surface area is 93.0 Å². The van der Waals surface area contributed by atoms with Crippen molar-refractivity contribution in [2.75, 3.05) is 18.6 Å². The highest BCUT2D eigenvalue weighted by Gasteiger charge is 2.12. The maximum atomic E-state index is 10.7. The maximum Gasteiger partial charge on any atom is 0.339 e. The largest absolute Gasteiger partial charge is 0.478 e. The van der Waals surface area contributed by atoms with Crippen LogP contribution < -0.4 is 5.32 Å². The highest BCUT2D eigenvalue weighted by molar-refractivity contribution is 7.98. The molecule has 0 unspecified atom stereocenters. The van der Waals surface area contributed by atoms with Crippen LogP contribution in [0.15, 0.2) is 10.5 Å². The van der Waals surface area contributed by atoms with E-state index in [0.29, 0.717) is 18.1 Å². The third-order valence-corrected chi connectivity index (χ3v) is 2.59. The molecule has 0 atom stereocenters. The Bertz CT molecular complexity index is 335. The van der Waals surface area contributed by atoms with E-state index in [1.807, 2.05) is 6.26 Å². The standard InChI is InChI=1S/C10H15NO3S/c1-7-9(10(12)13)5-8(14-7)6-11-3-4-15-2/h5,11H,3-4,6H2,1-2H3,(H,12,13).